The fraction of sp³-hybridized carbons (Fsp3) is 0.333. The number of hydrogen-bond donors (Lipinski definition) is 0. The molecule has 0 fully saturated rings. The summed E-state index contributed by atoms with van der Waals surface area (Å²) >= 11 is 0. The molecule has 0 saturated carbocycles. The van der Waals surface area contributed by atoms with Crippen molar-refractivity contribution in [2.75, 3.05) is 0 Å². The third kappa shape index (κ3) is 1.27. The van der Waals surface area contributed by atoms with Gasteiger partial charge in [-0.15, -0.1) is 0 Å². The largest absolute Gasteiger partial charge is 0.294 e. The third-order valence-electron chi connectivity index (χ3n) is 2.76. The minimum atomic E-state index is -0.137. The van der Waals surface area contributed by atoms with Crippen LogP contribution in [0.2, 0.25) is 0 Å². The number of ketones is 1. The first kappa shape index (κ1) is 9.13. The highest BCUT2D eigenvalue weighted by atomic mass is 16.1. The average molecular weight is 187 g/mol. The molecule has 0 aromatic carbocycles. The number of allylic oxidation sites excluding steroid dienone is 6. The number of carbonyl (C=O) groups excluding carboxylic acids is 1. The molecule has 1 unspecified atom stereocenters. The van der Waals surface area contributed by atoms with Crippen LogP contribution in [0.5, 0.6) is 0 Å². The highest BCUT2D eigenvalue weighted by Crippen LogP contribution is 2.26. The lowest BCUT2D eigenvalue weighted by atomic mass is 9.84. The summed E-state index contributed by atoms with van der Waals surface area (Å²) in [5.74, 6) is 0.0120. The predicted octanol–water partition coefficient (Wildman–Crippen LogP) is 2.44. The molecule has 2 heteroatoms. The molecule has 0 bridgehead atoms. The maximum absolute atomic E-state index is 11.7. The molecule has 72 valence electrons. The van der Waals surface area contributed by atoms with E-state index in [1.165, 1.54) is 5.57 Å². The number of nitrogens with zero attached hydrogens (tertiary/aromatic N) is 1. The molecular weight excluding hydrogens is 174 g/mol. The molecule has 1 atom stereocenters. The van der Waals surface area contributed by atoms with E-state index in [9.17, 15) is 4.79 Å². The highest BCUT2D eigenvalue weighted by molar-refractivity contribution is 6.20. The van der Waals surface area contributed by atoms with Crippen molar-refractivity contribution < 1.29 is 4.79 Å². The first-order valence-electron chi connectivity index (χ1n) is 4.76. The van der Waals surface area contributed by atoms with Crippen molar-refractivity contribution in [1.82, 2.24) is 0 Å². The summed E-state index contributed by atoms with van der Waals surface area (Å²) in [4.78, 5) is 16.1. The van der Waals surface area contributed by atoms with Gasteiger partial charge in [0.1, 0.15) is 0 Å². The molecule has 14 heavy (non-hydrogen) atoms. The van der Waals surface area contributed by atoms with Gasteiger partial charge in [-0.2, -0.15) is 0 Å². The van der Waals surface area contributed by atoms with Gasteiger partial charge < -0.3 is 0 Å². The maximum atomic E-state index is 11.7. The van der Waals surface area contributed by atoms with Crippen LogP contribution in [0.3, 0.4) is 0 Å². The summed E-state index contributed by atoms with van der Waals surface area (Å²) in [6.45, 7) is 5.93. The SMILES string of the molecule is CC1=CC(=O)C2C=CC(C)=C(C)C2=N1. The van der Waals surface area contributed by atoms with Crippen LogP contribution in [-0.4, -0.2) is 11.5 Å². The summed E-state index contributed by atoms with van der Waals surface area (Å²) in [5.41, 5.74) is 4.07. The van der Waals surface area contributed by atoms with Gasteiger partial charge in [-0.25, -0.2) is 0 Å². The molecule has 2 aliphatic rings. The number of aliphatic imine (C=N–C) groups is 1. The van der Waals surface area contributed by atoms with Crippen LogP contribution in [0.25, 0.3) is 0 Å². The molecule has 1 aliphatic carbocycles. The first-order chi connectivity index (χ1) is 6.59. The van der Waals surface area contributed by atoms with E-state index in [0.29, 0.717) is 0 Å². The summed E-state index contributed by atoms with van der Waals surface area (Å²) in [6.07, 6.45) is 5.56. The van der Waals surface area contributed by atoms with Gasteiger partial charge in [0.2, 0.25) is 0 Å². The summed E-state index contributed by atoms with van der Waals surface area (Å²) < 4.78 is 0. The van der Waals surface area contributed by atoms with Gasteiger partial charge in [0.25, 0.3) is 0 Å². The Morgan fingerprint density at radius 2 is 2.00 bits per heavy atom. The van der Waals surface area contributed by atoms with Crippen LogP contribution in [0.1, 0.15) is 20.8 Å². The minimum Gasteiger partial charge on any atom is -0.294 e. The van der Waals surface area contributed by atoms with Gasteiger partial charge in [-0.05, 0) is 31.9 Å². The molecule has 2 rings (SSSR count). The molecular formula is C12H13NO. The van der Waals surface area contributed by atoms with E-state index in [-0.39, 0.29) is 11.7 Å². The lowest BCUT2D eigenvalue weighted by molar-refractivity contribution is -0.115. The van der Waals surface area contributed by atoms with E-state index in [0.717, 1.165) is 17.0 Å². The molecule has 0 aromatic rings. The second kappa shape index (κ2) is 3.05. The van der Waals surface area contributed by atoms with Crippen LogP contribution in [-0.2, 0) is 4.79 Å². The fourth-order valence-corrected chi connectivity index (χ4v) is 1.79. The Labute approximate surface area is 83.7 Å². The third-order valence-corrected chi connectivity index (χ3v) is 2.76. The van der Waals surface area contributed by atoms with Gasteiger partial charge in [0, 0.05) is 11.8 Å². The Morgan fingerprint density at radius 3 is 2.71 bits per heavy atom. The molecule has 2 nitrogen and oxygen atoms in total. The normalized spacial score (nSPS) is 25.9. The lowest BCUT2D eigenvalue weighted by Gasteiger charge is -2.22. The second-order valence-corrected chi connectivity index (χ2v) is 3.83. The summed E-state index contributed by atoms with van der Waals surface area (Å²) in [6, 6.07) is 0. The van der Waals surface area contributed by atoms with Crippen molar-refractivity contribution in [3.63, 3.8) is 0 Å². The zero-order chi connectivity index (χ0) is 10.3. The van der Waals surface area contributed by atoms with E-state index in [1.807, 2.05) is 32.9 Å². The summed E-state index contributed by atoms with van der Waals surface area (Å²) in [7, 11) is 0. The molecule has 0 spiro atoms. The number of carbonyl (C=O) groups is 1. The van der Waals surface area contributed by atoms with Crippen molar-refractivity contribution >= 4 is 11.5 Å². The molecule has 1 aliphatic heterocycles. The molecule has 0 amide bonds. The average Bonchev–Trinajstić information content (AvgIpc) is 2.12. The Morgan fingerprint density at radius 1 is 1.29 bits per heavy atom. The van der Waals surface area contributed by atoms with Gasteiger partial charge in [-0.3, -0.25) is 9.79 Å². The summed E-state index contributed by atoms with van der Waals surface area (Å²) in [5, 5.41) is 0. The predicted molar refractivity (Wildman–Crippen MR) is 57.2 cm³/mol. The monoisotopic (exact) mass is 187 g/mol. The second-order valence-electron chi connectivity index (χ2n) is 3.83. The van der Waals surface area contributed by atoms with Gasteiger partial charge in [-0.1, -0.05) is 12.2 Å². The Kier molecular flexibility index (Phi) is 1.99. The van der Waals surface area contributed by atoms with Crippen LogP contribution >= 0.6 is 0 Å². The molecule has 0 aromatic heterocycles. The minimum absolute atomic E-state index is 0.137. The van der Waals surface area contributed by atoms with E-state index >= 15 is 0 Å². The van der Waals surface area contributed by atoms with Crippen LogP contribution in [0, 0.1) is 5.92 Å². The van der Waals surface area contributed by atoms with Crippen molar-refractivity contribution in [2.24, 2.45) is 10.9 Å². The van der Waals surface area contributed by atoms with Crippen molar-refractivity contribution in [3.8, 4) is 0 Å². The smallest absolute Gasteiger partial charge is 0.170 e. The highest BCUT2D eigenvalue weighted by Gasteiger charge is 2.27. The Bertz CT molecular complexity index is 422. The Balaban J connectivity index is 2.54. The van der Waals surface area contributed by atoms with E-state index in [4.69, 9.17) is 0 Å². The van der Waals surface area contributed by atoms with Crippen LogP contribution < -0.4 is 0 Å². The molecule has 0 N–H and O–H groups in total. The van der Waals surface area contributed by atoms with E-state index in [2.05, 4.69) is 4.99 Å². The zero-order valence-corrected chi connectivity index (χ0v) is 8.66. The Hall–Kier alpha value is -1.44. The standard InChI is InChI=1S/C12H13NO/c1-7-4-5-10-11(14)6-8(2)13-12(10)9(7)3/h4-6,10H,1-3H3. The van der Waals surface area contributed by atoms with Gasteiger partial charge in [0.05, 0.1) is 11.6 Å². The molecule has 0 saturated heterocycles. The van der Waals surface area contributed by atoms with Crippen molar-refractivity contribution in [3.05, 3.63) is 35.1 Å². The zero-order valence-electron chi connectivity index (χ0n) is 8.66. The van der Waals surface area contributed by atoms with E-state index < -0.39 is 0 Å². The number of rotatable bonds is 0. The molecule has 0 radical (unpaired) electrons. The van der Waals surface area contributed by atoms with Crippen LogP contribution in [0.15, 0.2) is 40.1 Å². The van der Waals surface area contributed by atoms with Crippen molar-refractivity contribution in [2.45, 2.75) is 20.8 Å². The lowest BCUT2D eigenvalue weighted by Crippen LogP contribution is -2.27. The quantitative estimate of drug-likeness (QED) is 0.572. The maximum Gasteiger partial charge on any atom is 0.170 e. The van der Waals surface area contributed by atoms with E-state index in [1.54, 1.807) is 6.08 Å². The molecule has 1 heterocycles. The number of fused-ring (bicyclic) bond motifs is 1. The van der Waals surface area contributed by atoms with Gasteiger partial charge in [0.15, 0.2) is 5.78 Å². The number of hydrogen-bond acceptors (Lipinski definition) is 2. The van der Waals surface area contributed by atoms with Crippen LogP contribution in [0.4, 0.5) is 0 Å². The van der Waals surface area contributed by atoms with Crippen molar-refractivity contribution in [1.29, 1.82) is 0 Å². The topological polar surface area (TPSA) is 29.4 Å². The fourth-order valence-electron chi connectivity index (χ4n) is 1.79. The van der Waals surface area contributed by atoms with Gasteiger partial charge >= 0.3 is 0 Å². The first-order valence-corrected chi connectivity index (χ1v) is 4.76.